The Hall–Kier alpha value is -1.51. The summed E-state index contributed by atoms with van der Waals surface area (Å²) >= 11 is 3.18. The second-order valence-corrected chi connectivity index (χ2v) is 7.99. The molecule has 0 aromatic carbocycles. The van der Waals surface area contributed by atoms with Gasteiger partial charge in [-0.2, -0.15) is 0 Å². The van der Waals surface area contributed by atoms with E-state index >= 15 is 0 Å². The summed E-state index contributed by atoms with van der Waals surface area (Å²) in [4.78, 5) is 19.6. The molecule has 136 valence electrons. The van der Waals surface area contributed by atoms with Gasteiger partial charge >= 0.3 is 6.03 Å². The molecular formula is C17H24N4O2S2. The number of aromatic nitrogens is 2. The van der Waals surface area contributed by atoms with Crippen LogP contribution in [0.3, 0.4) is 0 Å². The van der Waals surface area contributed by atoms with E-state index in [1.807, 2.05) is 40.3 Å². The van der Waals surface area contributed by atoms with E-state index in [-0.39, 0.29) is 11.9 Å². The summed E-state index contributed by atoms with van der Waals surface area (Å²) in [5.41, 5.74) is 0.987. The van der Waals surface area contributed by atoms with Crippen molar-refractivity contribution in [3.8, 4) is 0 Å². The van der Waals surface area contributed by atoms with Crippen molar-refractivity contribution in [3.05, 3.63) is 34.3 Å². The van der Waals surface area contributed by atoms with Crippen LogP contribution >= 0.6 is 23.1 Å². The first-order valence-corrected chi connectivity index (χ1v) is 10.5. The van der Waals surface area contributed by atoms with E-state index in [9.17, 15) is 9.90 Å². The maximum absolute atomic E-state index is 12.4. The van der Waals surface area contributed by atoms with Crippen LogP contribution in [0.25, 0.3) is 0 Å². The molecule has 2 amide bonds. The quantitative estimate of drug-likeness (QED) is 0.783. The summed E-state index contributed by atoms with van der Waals surface area (Å²) in [6.07, 6.45) is 5.03. The molecule has 1 atom stereocenters. The topological polar surface area (TPSA) is 70.4 Å². The van der Waals surface area contributed by atoms with Gasteiger partial charge in [-0.25, -0.2) is 9.78 Å². The Morgan fingerprint density at radius 2 is 2.28 bits per heavy atom. The number of nitrogens with one attached hydrogen (secondary N) is 1. The fourth-order valence-corrected chi connectivity index (χ4v) is 4.52. The van der Waals surface area contributed by atoms with Crippen molar-refractivity contribution in [2.75, 3.05) is 19.3 Å². The lowest BCUT2D eigenvalue weighted by Gasteiger charge is -2.34. The van der Waals surface area contributed by atoms with Crippen molar-refractivity contribution in [1.29, 1.82) is 0 Å². The monoisotopic (exact) mass is 380 g/mol. The fourth-order valence-electron chi connectivity index (χ4n) is 3.17. The lowest BCUT2D eigenvalue weighted by Crippen LogP contribution is -2.45. The Kier molecular flexibility index (Phi) is 6.03. The van der Waals surface area contributed by atoms with Crippen LogP contribution in [0.5, 0.6) is 0 Å². The molecular weight excluding hydrogens is 356 g/mol. The van der Waals surface area contributed by atoms with Gasteiger partial charge in [-0.05, 0) is 36.5 Å². The van der Waals surface area contributed by atoms with Crippen LogP contribution in [0.4, 0.5) is 4.79 Å². The highest BCUT2D eigenvalue weighted by atomic mass is 32.2. The van der Waals surface area contributed by atoms with E-state index in [1.165, 1.54) is 0 Å². The SMILES string of the molecule is CSc1ncc(CNC(=O)N2CCC(C(O)c3cccs3)CC2)n1C. The van der Waals surface area contributed by atoms with Crippen molar-refractivity contribution >= 4 is 29.1 Å². The van der Waals surface area contributed by atoms with Gasteiger partial charge in [-0.1, -0.05) is 17.8 Å². The summed E-state index contributed by atoms with van der Waals surface area (Å²) in [5, 5.41) is 16.3. The third-order valence-electron chi connectivity index (χ3n) is 4.75. The van der Waals surface area contributed by atoms with Crippen LogP contribution in [0.15, 0.2) is 28.9 Å². The number of thiophene rings is 1. The third-order valence-corrected chi connectivity index (χ3v) is 6.44. The number of hydrogen-bond donors (Lipinski definition) is 2. The lowest BCUT2D eigenvalue weighted by molar-refractivity contribution is 0.0689. The maximum atomic E-state index is 12.4. The molecule has 1 saturated heterocycles. The standard InChI is InChI=1S/C17H24N4O2S2/c1-20-13(11-19-17(20)24-2)10-18-16(23)21-7-5-12(6-8-21)15(22)14-4-3-9-25-14/h3-4,9,11-12,15,22H,5-8,10H2,1-2H3,(H,18,23). The number of urea groups is 1. The molecule has 2 aromatic rings. The van der Waals surface area contributed by atoms with Crippen LogP contribution in [-0.4, -0.2) is 44.9 Å². The molecule has 8 heteroatoms. The van der Waals surface area contributed by atoms with Gasteiger partial charge in [0.2, 0.25) is 0 Å². The Morgan fingerprint density at radius 3 is 2.88 bits per heavy atom. The molecule has 2 aromatic heterocycles. The summed E-state index contributed by atoms with van der Waals surface area (Å²) in [7, 11) is 1.96. The van der Waals surface area contributed by atoms with Gasteiger partial charge in [0.1, 0.15) is 0 Å². The van der Waals surface area contributed by atoms with Crippen molar-refractivity contribution in [3.63, 3.8) is 0 Å². The number of piperidine rings is 1. The Morgan fingerprint density at radius 1 is 1.52 bits per heavy atom. The van der Waals surface area contributed by atoms with Gasteiger partial charge in [0.05, 0.1) is 24.5 Å². The van der Waals surface area contributed by atoms with Gasteiger partial charge in [0, 0.05) is 25.0 Å². The number of imidazole rings is 1. The highest BCUT2D eigenvalue weighted by Gasteiger charge is 2.28. The predicted molar refractivity (Wildman–Crippen MR) is 101 cm³/mol. The number of amides is 2. The zero-order valence-corrected chi connectivity index (χ0v) is 16.1. The first kappa shape index (κ1) is 18.3. The van der Waals surface area contributed by atoms with E-state index < -0.39 is 6.10 Å². The van der Waals surface area contributed by atoms with Gasteiger partial charge < -0.3 is 19.9 Å². The number of hydrogen-bond acceptors (Lipinski definition) is 5. The van der Waals surface area contributed by atoms with Crippen LogP contribution in [0, 0.1) is 5.92 Å². The molecule has 0 aliphatic carbocycles. The van der Waals surface area contributed by atoms with Gasteiger partial charge in [-0.3, -0.25) is 0 Å². The minimum absolute atomic E-state index is 0.0454. The molecule has 0 bridgehead atoms. The highest BCUT2D eigenvalue weighted by Crippen LogP contribution is 2.32. The molecule has 25 heavy (non-hydrogen) atoms. The van der Waals surface area contributed by atoms with Gasteiger partial charge in [0.25, 0.3) is 0 Å². The number of carbonyl (C=O) groups is 1. The number of nitrogens with zero attached hydrogens (tertiary/aromatic N) is 3. The Balaban J connectivity index is 1.47. The summed E-state index contributed by atoms with van der Waals surface area (Å²) in [6, 6.07) is 3.90. The first-order chi connectivity index (χ1) is 12.1. The maximum Gasteiger partial charge on any atom is 0.317 e. The average Bonchev–Trinajstić information content (AvgIpc) is 3.29. The molecule has 0 spiro atoms. The largest absolute Gasteiger partial charge is 0.387 e. The van der Waals surface area contributed by atoms with Crippen LogP contribution in [0.2, 0.25) is 0 Å². The van der Waals surface area contributed by atoms with Gasteiger partial charge in [-0.15, -0.1) is 11.3 Å². The molecule has 6 nitrogen and oxygen atoms in total. The van der Waals surface area contributed by atoms with E-state index in [0.29, 0.717) is 19.6 Å². The molecule has 0 radical (unpaired) electrons. The third kappa shape index (κ3) is 4.19. The smallest absolute Gasteiger partial charge is 0.317 e. The fraction of sp³-hybridized carbons (Fsp3) is 0.529. The summed E-state index contributed by atoms with van der Waals surface area (Å²) in [6.45, 7) is 1.83. The van der Waals surface area contributed by atoms with Crippen LogP contribution < -0.4 is 5.32 Å². The molecule has 1 aliphatic rings. The minimum Gasteiger partial charge on any atom is -0.387 e. The van der Waals surface area contributed by atoms with Gasteiger partial charge in [0.15, 0.2) is 5.16 Å². The number of likely N-dealkylation sites (tertiary alicyclic amines) is 1. The number of carbonyl (C=O) groups excluding carboxylic acids is 1. The Labute approximate surface area is 156 Å². The minimum atomic E-state index is -0.412. The lowest BCUT2D eigenvalue weighted by atomic mass is 9.90. The van der Waals surface area contributed by atoms with Crippen molar-refractivity contribution in [2.24, 2.45) is 13.0 Å². The number of thioether (sulfide) groups is 1. The summed E-state index contributed by atoms with van der Waals surface area (Å²) in [5.74, 6) is 0.226. The second-order valence-electron chi connectivity index (χ2n) is 6.24. The zero-order chi connectivity index (χ0) is 17.8. The molecule has 0 saturated carbocycles. The van der Waals surface area contributed by atoms with E-state index in [1.54, 1.807) is 29.3 Å². The molecule has 1 aliphatic heterocycles. The molecule has 1 unspecified atom stereocenters. The number of aliphatic hydroxyl groups is 1. The van der Waals surface area contributed by atoms with Crippen LogP contribution in [-0.2, 0) is 13.6 Å². The number of rotatable bonds is 5. The highest BCUT2D eigenvalue weighted by molar-refractivity contribution is 7.98. The average molecular weight is 381 g/mol. The molecule has 3 rings (SSSR count). The Bertz CT molecular complexity index is 694. The molecule has 3 heterocycles. The van der Waals surface area contributed by atoms with E-state index in [4.69, 9.17) is 0 Å². The number of aliphatic hydroxyl groups excluding tert-OH is 1. The first-order valence-electron chi connectivity index (χ1n) is 8.39. The zero-order valence-electron chi connectivity index (χ0n) is 14.5. The molecule has 1 fully saturated rings. The van der Waals surface area contributed by atoms with E-state index in [2.05, 4.69) is 10.3 Å². The van der Waals surface area contributed by atoms with Crippen molar-refractivity contribution < 1.29 is 9.90 Å². The van der Waals surface area contributed by atoms with E-state index in [0.717, 1.165) is 28.6 Å². The van der Waals surface area contributed by atoms with Crippen molar-refractivity contribution in [1.82, 2.24) is 19.8 Å². The summed E-state index contributed by atoms with van der Waals surface area (Å²) < 4.78 is 1.99. The van der Waals surface area contributed by atoms with Crippen molar-refractivity contribution in [2.45, 2.75) is 30.6 Å². The predicted octanol–water partition coefficient (Wildman–Crippen LogP) is 2.86. The normalized spacial score (nSPS) is 16.8. The molecule has 2 N–H and O–H groups in total. The van der Waals surface area contributed by atoms with Crippen LogP contribution in [0.1, 0.15) is 29.5 Å². The second kappa shape index (κ2) is 8.25.